The van der Waals surface area contributed by atoms with Crippen molar-refractivity contribution in [2.45, 2.75) is 39.2 Å². The molecule has 0 saturated heterocycles. The van der Waals surface area contributed by atoms with Gasteiger partial charge in [0.1, 0.15) is 11.3 Å². The SMILES string of the molecule is COC(=O)C(C)(CCC(C)C)Nc1cccc(OC)c1. The van der Waals surface area contributed by atoms with E-state index in [1.165, 1.54) is 7.11 Å². The summed E-state index contributed by atoms with van der Waals surface area (Å²) in [6, 6.07) is 7.55. The Kier molecular flexibility index (Phi) is 5.86. The van der Waals surface area contributed by atoms with Crippen LogP contribution < -0.4 is 10.1 Å². The van der Waals surface area contributed by atoms with Gasteiger partial charge >= 0.3 is 5.97 Å². The van der Waals surface area contributed by atoms with Crippen LogP contribution >= 0.6 is 0 Å². The number of hydrogen-bond acceptors (Lipinski definition) is 4. The van der Waals surface area contributed by atoms with Crippen LogP contribution in [0.2, 0.25) is 0 Å². The van der Waals surface area contributed by atoms with Gasteiger partial charge in [0.2, 0.25) is 0 Å². The van der Waals surface area contributed by atoms with Crippen LogP contribution in [0.25, 0.3) is 0 Å². The Balaban J connectivity index is 2.90. The van der Waals surface area contributed by atoms with Crippen molar-refractivity contribution in [3.05, 3.63) is 24.3 Å². The maximum absolute atomic E-state index is 12.1. The highest BCUT2D eigenvalue weighted by atomic mass is 16.5. The molecule has 0 aliphatic carbocycles. The van der Waals surface area contributed by atoms with Crippen LogP contribution in [0.15, 0.2) is 24.3 Å². The summed E-state index contributed by atoms with van der Waals surface area (Å²) in [5, 5.41) is 3.28. The summed E-state index contributed by atoms with van der Waals surface area (Å²) in [5.41, 5.74) is 0.117. The molecule has 1 atom stereocenters. The number of carbonyl (C=O) groups is 1. The number of rotatable bonds is 7. The number of ether oxygens (including phenoxy) is 2. The number of hydrogen-bond donors (Lipinski definition) is 1. The number of benzene rings is 1. The summed E-state index contributed by atoms with van der Waals surface area (Å²) in [4.78, 5) is 12.1. The topological polar surface area (TPSA) is 47.6 Å². The fourth-order valence-corrected chi connectivity index (χ4v) is 2.04. The quantitative estimate of drug-likeness (QED) is 0.776. The second-order valence-corrected chi connectivity index (χ2v) is 5.61. The van der Waals surface area contributed by atoms with E-state index >= 15 is 0 Å². The summed E-state index contributed by atoms with van der Waals surface area (Å²) < 4.78 is 10.1. The van der Waals surface area contributed by atoms with E-state index in [0.29, 0.717) is 12.3 Å². The molecule has 1 unspecified atom stereocenters. The minimum Gasteiger partial charge on any atom is -0.497 e. The highest BCUT2D eigenvalue weighted by molar-refractivity contribution is 5.84. The standard InChI is InChI=1S/C16H25NO3/c1-12(2)9-10-16(3,15(18)20-5)17-13-7-6-8-14(11-13)19-4/h6-8,11-12,17H,9-10H2,1-5H3. The lowest BCUT2D eigenvalue weighted by Crippen LogP contribution is -2.44. The molecule has 0 aliphatic heterocycles. The van der Waals surface area contributed by atoms with Gasteiger partial charge in [0.15, 0.2) is 0 Å². The Morgan fingerprint density at radius 3 is 2.60 bits per heavy atom. The van der Waals surface area contributed by atoms with E-state index < -0.39 is 5.54 Å². The summed E-state index contributed by atoms with van der Waals surface area (Å²) in [5.74, 6) is 1.04. The third kappa shape index (κ3) is 4.44. The minimum atomic E-state index is -0.731. The first-order valence-electron chi connectivity index (χ1n) is 6.92. The van der Waals surface area contributed by atoms with Crippen molar-refractivity contribution in [2.75, 3.05) is 19.5 Å². The molecule has 0 saturated carbocycles. The molecule has 0 amide bonds. The van der Waals surface area contributed by atoms with E-state index in [-0.39, 0.29) is 5.97 Å². The lowest BCUT2D eigenvalue weighted by Gasteiger charge is -2.30. The first-order valence-corrected chi connectivity index (χ1v) is 6.92. The summed E-state index contributed by atoms with van der Waals surface area (Å²) in [6.45, 7) is 6.16. The minimum absolute atomic E-state index is 0.249. The van der Waals surface area contributed by atoms with Crippen molar-refractivity contribution in [2.24, 2.45) is 5.92 Å². The predicted molar refractivity (Wildman–Crippen MR) is 81.1 cm³/mol. The van der Waals surface area contributed by atoms with Gasteiger partial charge in [0.05, 0.1) is 14.2 Å². The van der Waals surface area contributed by atoms with E-state index in [1.807, 2.05) is 31.2 Å². The van der Waals surface area contributed by atoms with Crippen LogP contribution in [0.1, 0.15) is 33.6 Å². The molecule has 1 aromatic carbocycles. The first kappa shape index (κ1) is 16.3. The number of nitrogens with one attached hydrogen (secondary N) is 1. The molecule has 0 bridgehead atoms. The molecule has 112 valence electrons. The maximum atomic E-state index is 12.1. The second kappa shape index (κ2) is 7.17. The van der Waals surface area contributed by atoms with E-state index in [1.54, 1.807) is 7.11 Å². The zero-order chi connectivity index (χ0) is 15.2. The van der Waals surface area contributed by atoms with Crippen molar-refractivity contribution in [1.29, 1.82) is 0 Å². The van der Waals surface area contributed by atoms with Gasteiger partial charge in [-0.2, -0.15) is 0 Å². The van der Waals surface area contributed by atoms with Crippen LogP contribution in [0.4, 0.5) is 5.69 Å². The zero-order valence-electron chi connectivity index (χ0n) is 13.0. The molecule has 4 nitrogen and oxygen atoms in total. The Labute approximate surface area is 121 Å². The lowest BCUT2D eigenvalue weighted by atomic mass is 9.91. The summed E-state index contributed by atoms with van der Waals surface area (Å²) in [7, 11) is 3.04. The number of methoxy groups -OCH3 is 2. The molecular weight excluding hydrogens is 254 g/mol. The Morgan fingerprint density at radius 1 is 1.35 bits per heavy atom. The predicted octanol–water partition coefficient (Wildman–Crippen LogP) is 3.48. The molecule has 0 spiro atoms. The van der Waals surface area contributed by atoms with Gasteiger partial charge in [0, 0.05) is 11.8 Å². The smallest absolute Gasteiger partial charge is 0.331 e. The summed E-state index contributed by atoms with van der Waals surface area (Å²) in [6.07, 6.45) is 1.66. The molecule has 4 heteroatoms. The highest BCUT2D eigenvalue weighted by Gasteiger charge is 2.34. The zero-order valence-corrected chi connectivity index (χ0v) is 13.0. The molecule has 0 radical (unpaired) electrons. The molecule has 20 heavy (non-hydrogen) atoms. The number of anilines is 1. The van der Waals surface area contributed by atoms with Crippen LogP contribution in [0, 0.1) is 5.92 Å². The highest BCUT2D eigenvalue weighted by Crippen LogP contribution is 2.26. The van der Waals surface area contributed by atoms with Crippen molar-refractivity contribution in [1.82, 2.24) is 0 Å². The number of esters is 1. The lowest BCUT2D eigenvalue weighted by molar-refractivity contribution is -0.145. The van der Waals surface area contributed by atoms with E-state index in [4.69, 9.17) is 9.47 Å². The first-order chi connectivity index (χ1) is 9.41. The van der Waals surface area contributed by atoms with Gasteiger partial charge in [-0.3, -0.25) is 0 Å². The van der Waals surface area contributed by atoms with Crippen LogP contribution in [-0.2, 0) is 9.53 Å². The van der Waals surface area contributed by atoms with Crippen molar-refractivity contribution < 1.29 is 14.3 Å². The third-order valence-electron chi connectivity index (χ3n) is 3.35. The molecule has 1 N–H and O–H groups in total. The van der Waals surface area contributed by atoms with E-state index in [2.05, 4.69) is 19.2 Å². The third-order valence-corrected chi connectivity index (χ3v) is 3.35. The van der Waals surface area contributed by atoms with Gasteiger partial charge in [-0.1, -0.05) is 19.9 Å². The fourth-order valence-electron chi connectivity index (χ4n) is 2.04. The normalized spacial score (nSPS) is 13.7. The van der Waals surface area contributed by atoms with Gasteiger partial charge in [-0.05, 0) is 37.8 Å². The van der Waals surface area contributed by atoms with E-state index in [0.717, 1.165) is 17.9 Å². The van der Waals surface area contributed by atoms with Gasteiger partial charge in [0.25, 0.3) is 0 Å². The molecule has 1 rings (SSSR count). The van der Waals surface area contributed by atoms with Crippen LogP contribution in [0.3, 0.4) is 0 Å². The monoisotopic (exact) mass is 279 g/mol. The number of carbonyl (C=O) groups excluding carboxylic acids is 1. The molecule has 1 aromatic rings. The summed E-state index contributed by atoms with van der Waals surface area (Å²) >= 11 is 0. The van der Waals surface area contributed by atoms with E-state index in [9.17, 15) is 4.79 Å². The molecule has 0 heterocycles. The molecule has 0 aromatic heterocycles. The Hall–Kier alpha value is -1.71. The van der Waals surface area contributed by atoms with Crippen LogP contribution in [0.5, 0.6) is 5.75 Å². The van der Waals surface area contributed by atoms with Crippen LogP contribution in [-0.4, -0.2) is 25.7 Å². The average molecular weight is 279 g/mol. The second-order valence-electron chi connectivity index (χ2n) is 5.61. The molecule has 0 fully saturated rings. The van der Waals surface area contributed by atoms with Gasteiger partial charge < -0.3 is 14.8 Å². The molecular formula is C16H25NO3. The van der Waals surface area contributed by atoms with Crippen molar-refractivity contribution in [3.63, 3.8) is 0 Å². The van der Waals surface area contributed by atoms with Gasteiger partial charge in [-0.25, -0.2) is 4.79 Å². The Morgan fingerprint density at radius 2 is 2.05 bits per heavy atom. The fraction of sp³-hybridized carbons (Fsp3) is 0.562. The maximum Gasteiger partial charge on any atom is 0.331 e. The van der Waals surface area contributed by atoms with Crippen molar-refractivity contribution >= 4 is 11.7 Å². The average Bonchev–Trinajstić information content (AvgIpc) is 2.44. The van der Waals surface area contributed by atoms with Crippen molar-refractivity contribution in [3.8, 4) is 5.75 Å². The van der Waals surface area contributed by atoms with Gasteiger partial charge in [-0.15, -0.1) is 0 Å². The largest absolute Gasteiger partial charge is 0.497 e. The Bertz CT molecular complexity index is 445. The molecule has 0 aliphatic rings.